The van der Waals surface area contributed by atoms with Gasteiger partial charge in [0.25, 0.3) is 5.91 Å². The Morgan fingerprint density at radius 2 is 2.33 bits per heavy atom. The predicted molar refractivity (Wildman–Crippen MR) is 72.2 cm³/mol. The van der Waals surface area contributed by atoms with E-state index < -0.39 is 0 Å². The number of nitrogens with one attached hydrogen (secondary N) is 1. The van der Waals surface area contributed by atoms with E-state index in [4.69, 9.17) is 5.73 Å². The van der Waals surface area contributed by atoms with Crippen molar-refractivity contribution in [2.24, 2.45) is 5.41 Å². The number of hydrogen-bond donors (Lipinski definition) is 2. The van der Waals surface area contributed by atoms with E-state index >= 15 is 0 Å². The summed E-state index contributed by atoms with van der Waals surface area (Å²) in [5.41, 5.74) is 6.50. The van der Waals surface area contributed by atoms with Crippen molar-refractivity contribution in [1.29, 1.82) is 0 Å². The molecule has 0 saturated heterocycles. The minimum atomic E-state index is -0.0493. The molecule has 98 valence electrons. The summed E-state index contributed by atoms with van der Waals surface area (Å²) in [4.78, 5) is 16.0. The Hall–Kier alpha value is -1.58. The van der Waals surface area contributed by atoms with Crippen molar-refractivity contribution in [2.45, 2.75) is 45.6 Å². The van der Waals surface area contributed by atoms with E-state index in [9.17, 15) is 4.79 Å². The summed E-state index contributed by atoms with van der Waals surface area (Å²) in [6, 6.07) is 3.58. The molecule has 2 rings (SSSR count). The van der Waals surface area contributed by atoms with E-state index in [1.807, 2.05) is 0 Å². The smallest absolute Gasteiger partial charge is 0.251 e. The number of aromatic nitrogens is 1. The van der Waals surface area contributed by atoms with E-state index in [0.717, 1.165) is 12.8 Å². The van der Waals surface area contributed by atoms with Gasteiger partial charge in [0.2, 0.25) is 0 Å². The Bertz CT molecular complexity index is 442. The van der Waals surface area contributed by atoms with Crippen molar-refractivity contribution < 1.29 is 4.79 Å². The van der Waals surface area contributed by atoms with Gasteiger partial charge in [0, 0.05) is 17.8 Å². The topological polar surface area (TPSA) is 68.0 Å². The third-order valence-electron chi connectivity index (χ3n) is 3.58. The van der Waals surface area contributed by atoms with E-state index in [2.05, 4.69) is 24.1 Å². The van der Waals surface area contributed by atoms with Crippen LogP contribution >= 0.6 is 0 Å². The monoisotopic (exact) mass is 247 g/mol. The zero-order valence-electron chi connectivity index (χ0n) is 11.1. The first kappa shape index (κ1) is 12.9. The lowest BCUT2D eigenvalue weighted by atomic mass is 9.75. The van der Waals surface area contributed by atoms with Crippen LogP contribution in [0.4, 0.5) is 5.82 Å². The number of hydrogen-bond acceptors (Lipinski definition) is 3. The van der Waals surface area contributed by atoms with Crippen molar-refractivity contribution >= 4 is 11.7 Å². The Labute approximate surface area is 108 Å². The molecule has 1 heterocycles. The summed E-state index contributed by atoms with van der Waals surface area (Å²) in [7, 11) is 0. The molecule has 0 radical (unpaired) electrons. The molecule has 1 amide bonds. The third kappa shape index (κ3) is 3.22. The maximum Gasteiger partial charge on any atom is 0.251 e. The number of pyridine rings is 1. The molecular weight excluding hydrogens is 226 g/mol. The summed E-state index contributed by atoms with van der Waals surface area (Å²) in [6.07, 6.45) is 6.09. The van der Waals surface area contributed by atoms with Gasteiger partial charge in [-0.3, -0.25) is 4.79 Å². The number of rotatable bonds is 2. The normalized spacial score (nSPS) is 22.4. The van der Waals surface area contributed by atoms with E-state index in [1.165, 1.54) is 12.8 Å². The summed E-state index contributed by atoms with van der Waals surface area (Å²) in [5, 5.41) is 3.10. The van der Waals surface area contributed by atoms with Crippen LogP contribution in [0, 0.1) is 5.41 Å². The van der Waals surface area contributed by atoms with Crippen molar-refractivity contribution in [3.05, 3.63) is 23.9 Å². The molecule has 1 saturated carbocycles. The molecule has 1 aromatic heterocycles. The molecule has 1 aromatic rings. The highest BCUT2D eigenvalue weighted by molar-refractivity contribution is 5.94. The number of carbonyl (C=O) groups excluding carboxylic acids is 1. The maximum atomic E-state index is 12.1. The highest BCUT2D eigenvalue weighted by atomic mass is 16.1. The van der Waals surface area contributed by atoms with Crippen LogP contribution in [0.3, 0.4) is 0 Å². The molecule has 0 aliphatic heterocycles. The van der Waals surface area contributed by atoms with E-state index in [0.29, 0.717) is 16.8 Å². The first-order chi connectivity index (χ1) is 8.46. The fraction of sp³-hybridized carbons (Fsp3) is 0.571. The molecular formula is C14H21N3O. The first-order valence-corrected chi connectivity index (χ1v) is 6.49. The third-order valence-corrected chi connectivity index (χ3v) is 3.58. The van der Waals surface area contributed by atoms with Crippen molar-refractivity contribution in [3.8, 4) is 0 Å². The van der Waals surface area contributed by atoms with Crippen molar-refractivity contribution in [2.75, 3.05) is 5.73 Å². The van der Waals surface area contributed by atoms with Gasteiger partial charge >= 0.3 is 0 Å². The van der Waals surface area contributed by atoms with Gasteiger partial charge in [-0.1, -0.05) is 20.3 Å². The fourth-order valence-electron chi connectivity index (χ4n) is 2.68. The van der Waals surface area contributed by atoms with Crippen LogP contribution in [-0.2, 0) is 0 Å². The molecule has 1 aliphatic rings. The quantitative estimate of drug-likeness (QED) is 0.843. The lowest BCUT2D eigenvalue weighted by Gasteiger charge is -2.35. The number of amides is 1. The lowest BCUT2D eigenvalue weighted by Crippen LogP contribution is -2.40. The van der Waals surface area contributed by atoms with Gasteiger partial charge < -0.3 is 11.1 Å². The SMILES string of the molecule is CC1(C)CCCC(NC(=O)c2ccnc(N)c2)C1. The molecule has 0 aromatic carbocycles. The van der Waals surface area contributed by atoms with Gasteiger partial charge in [-0.05, 0) is 36.8 Å². The minimum absolute atomic E-state index is 0.0493. The van der Waals surface area contributed by atoms with Gasteiger partial charge in [-0.25, -0.2) is 4.98 Å². The summed E-state index contributed by atoms with van der Waals surface area (Å²) in [5.74, 6) is 0.332. The second-order valence-electron chi connectivity index (χ2n) is 5.90. The van der Waals surface area contributed by atoms with E-state index in [-0.39, 0.29) is 11.9 Å². The molecule has 1 fully saturated rings. The molecule has 1 atom stereocenters. The molecule has 4 heteroatoms. The van der Waals surface area contributed by atoms with Gasteiger partial charge in [0.1, 0.15) is 5.82 Å². The molecule has 0 bridgehead atoms. The summed E-state index contributed by atoms with van der Waals surface area (Å²) >= 11 is 0. The second-order valence-corrected chi connectivity index (χ2v) is 5.90. The van der Waals surface area contributed by atoms with Crippen molar-refractivity contribution in [1.82, 2.24) is 10.3 Å². The van der Waals surface area contributed by atoms with Crippen LogP contribution in [0.1, 0.15) is 49.9 Å². The van der Waals surface area contributed by atoms with Crippen LogP contribution in [0.5, 0.6) is 0 Å². The number of nitrogens with zero attached hydrogens (tertiary/aromatic N) is 1. The molecule has 4 nitrogen and oxygen atoms in total. The molecule has 0 spiro atoms. The summed E-state index contributed by atoms with van der Waals surface area (Å²) in [6.45, 7) is 4.52. The minimum Gasteiger partial charge on any atom is -0.384 e. The van der Waals surface area contributed by atoms with Gasteiger partial charge in [0.05, 0.1) is 0 Å². The standard InChI is InChI=1S/C14H21N3O/c1-14(2)6-3-4-11(9-14)17-13(18)10-5-7-16-12(15)8-10/h5,7-8,11H,3-4,6,9H2,1-2H3,(H2,15,16)(H,17,18). The summed E-state index contributed by atoms with van der Waals surface area (Å²) < 4.78 is 0. The lowest BCUT2D eigenvalue weighted by molar-refractivity contribution is 0.0902. The van der Waals surface area contributed by atoms with Crippen LogP contribution in [0.15, 0.2) is 18.3 Å². The molecule has 3 N–H and O–H groups in total. The fourth-order valence-corrected chi connectivity index (χ4v) is 2.68. The first-order valence-electron chi connectivity index (χ1n) is 6.49. The Morgan fingerprint density at radius 1 is 1.56 bits per heavy atom. The van der Waals surface area contributed by atoms with Crippen LogP contribution in [0.2, 0.25) is 0 Å². The average Bonchev–Trinajstić information content (AvgIpc) is 2.27. The zero-order valence-corrected chi connectivity index (χ0v) is 11.1. The molecule has 18 heavy (non-hydrogen) atoms. The number of carbonyl (C=O) groups is 1. The Kier molecular flexibility index (Phi) is 3.55. The zero-order chi connectivity index (χ0) is 13.2. The Morgan fingerprint density at radius 3 is 3.00 bits per heavy atom. The molecule has 1 aliphatic carbocycles. The van der Waals surface area contributed by atoms with Crippen molar-refractivity contribution in [3.63, 3.8) is 0 Å². The van der Waals surface area contributed by atoms with E-state index in [1.54, 1.807) is 18.3 Å². The Balaban J connectivity index is 1.99. The second kappa shape index (κ2) is 4.96. The average molecular weight is 247 g/mol. The van der Waals surface area contributed by atoms with Gasteiger partial charge in [0.15, 0.2) is 0 Å². The number of nitrogens with two attached hydrogens (primary N) is 1. The highest BCUT2D eigenvalue weighted by Gasteiger charge is 2.28. The van der Waals surface area contributed by atoms with Gasteiger partial charge in [-0.2, -0.15) is 0 Å². The number of anilines is 1. The molecule has 1 unspecified atom stereocenters. The highest BCUT2D eigenvalue weighted by Crippen LogP contribution is 2.35. The maximum absolute atomic E-state index is 12.1. The largest absolute Gasteiger partial charge is 0.384 e. The predicted octanol–water partition coefficient (Wildman–Crippen LogP) is 2.36. The van der Waals surface area contributed by atoms with Crippen LogP contribution < -0.4 is 11.1 Å². The van der Waals surface area contributed by atoms with Crippen LogP contribution in [-0.4, -0.2) is 16.9 Å². The number of nitrogen functional groups attached to an aromatic ring is 1. The van der Waals surface area contributed by atoms with Crippen LogP contribution in [0.25, 0.3) is 0 Å². The van der Waals surface area contributed by atoms with Gasteiger partial charge in [-0.15, -0.1) is 0 Å².